The molecular weight excluding hydrogens is 579 g/mol. The van der Waals surface area contributed by atoms with Gasteiger partial charge in [0.1, 0.15) is 17.7 Å². The first-order chi connectivity index (χ1) is 20.1. The maximum atomic E-state index is 13.5. The van der Waals surface area contributed by atoms with Crippen LogP contribution in [0.2, 0.25) is 10.0 Å². The molecule has 0 radical (unpaired) electrons. The number of H-pyrrole nitrogens is 1. The fourth-order valence-electron chi connectivity index (χ4n) is 5.13. The fourth-order valence-corrected chi connectivity index (χ4v) is 5.68. The van der Waals surface area contributed by atoms with E-state index in [1.54, 1.807) is 11.9 Å². The van der Waals surface area contributed by atoms with Crippen molar-refractivity contribution in [1.82, 2.24) is 19.7 Å². The molecule has 1 aromatic heterocycles. The number of phenolic OH excluding ortho intramolecular Hbond substituents is 1. The second-order valence-corrected chi connectivity index (χ2v) is 11.3. The number of fused-ring (bicyclic) bond motifs is 1. The van der Waals surface area contributed by atoms with Crippen LogP contribution in [0.1, 0.15) is 53.2 Å². The number of carbonyl (C=O) groups excluding carboxylic acids is 1. The highest BCUT2D eigenvalue weighted by Gasteiger charge is 2.23. The Morgan fingerprint density at radius 2 is 1.76 bits per heavy atom. The van der Waals surface area contributed by atoms with Crippen molar-refractivity contribution in [3.8, 4) is 22.9 Å². The zero-order chi connectivity index (χ0) is 30.0. The van der Waals surface area contributed by atoms with Crippen molar-refractivity contribution in [2.45, 2.75) is 51.5 Å². The van der Waals surface area contributed by atoms with E-state index in [9.17, 15) is 19.5 Å². The van der Waals surface area contributed by atoms with Crippen LogP contribution in [0.5, 0.6) is 17.2 Å². The topological polar surface area (TPSA) is 118 Å². The number of aromatic hydroxyl groups is 1. The van der Waals surface area contributed by atoms with Crippen LogP contribution in [-0.2, 0) is 19.3 Å². The number of hydrogen-bond donors (Lipinski definition) is 2. The summed E-state index contributed by atoms with van der Waals surface area (Å²) in [5.41, 5.74) is 2.89. The summed E-state index contributed by atoms with van der Waals surface area (Å²) in [4.78, 5) is 40.6. The molecule has 2 N–H and O–H groups in total. The average molecular weight is 610 g/mol. The molecule has 1 heterocycles. The Morgan fingerprint density at radius 1 is 1.05 bits per heavy atom. The van der Waals surface area contributed by atoms with Crippen LogP contribution in [0.3, 0.4) is 0 Å². The average Bonchev–Trinajstić information content (AvgIpc) is 3.20. The molecule has 4 aromatic rings. The molecule has 1 atom stereocenters. The van der Waals surface area contributed by atoms with Gasteiger partial charge in [0.25, 0.3) is 11.5 Å². The maximum absolute atomic E-state index is 13.5. The molecule has 1 amide bonds. The van der Waals surface area contributed by atoms with Gasteiger partial charge in [-0.1, -0.05) is 47.8 Å². The summed E-state index contributed by atoms with van der Waals surface area (Å²) < 4.78 is 6.85. The minimum Gasteiger partial charge on any atom is -0.507 e. The minimum atomic E-state index is -0.759. The highest BCUT2D eigenvalue weighted by Crippen LogP contribution is 2.39. The van der Waals surface area contributed by atoms with Gasteiger partial charge < -0.3 is 14.7 Å². The lowest BCUT2D eigenvalue weighted by atomic mass is 9.97. The molecular formula is C31H30Cl2N4O5. The minimum absolute atomic E-state index is 0.0600. The van der Waals surface area contributed by atoms with Crippen molar-refractivity contribution >= 4 is 29.1 Å². The van der Waals surface area contributed by atoms with Crippen molar-refractivity contribution in [2.24, 2.45) is 0 Å². The van der Waals surface area contributed by atoms with Crippen LogP contribution in [0, 0.1) is 0 Å². The number of nitrogens with one attached hydrogen (secondary N) is 1. The number of hydrogen-bond acceptors (Lipinski definition) is 6. The molecule has 11 heteroatoms. The molecule has 42 heavy (non-hydrogen) atoms. The summed E-state index contributed by atoms with van der Waals surface area (Å²) >= 11 is 12.8. The van der Waals surface area contributed by atoms with Crippen LogP contribution < -0.4 is 16.0 Å². The van der Waals surface area contributed by atoms with Crippen LogP contribution in [0.4, 0.5) is 0 Å². The van der Waals surface area contributed by atoms with Gasteiger partial charge >= 0.3 is 5.69 Å². The fraction of sp³-hybridized carbons (Fsp3) is 0.290. The van der Waals surface area contributed by atoms with Gasteiger partial charge in [-0.3, -0.25) is 14.6 Å². The Morgan fingerprint density at radius 3 is 2.48 bits per heavy atom. The Kier molecular flexibility index (Phi) is 8.70. The Balaban J connectivity index is 1.33. The summed E-state index contributed by atoms with van der Waals surface area (Å²) in [6.45, 7) is 1.98. The Hall–Kier alpha value is -4.08. The number of halogens is 2. The van der Waals surface area contributed by atoms with E-state index in [4.69, 9.17) is 27.9 Å². The SMILES string of the molecule is CC(Cc1ccc2c(c1)CCCCC2)N(C)C(=O)c1cc(Oc2c(Cl)cc(-n3ncc(=O)[nH]c3=O)cc2Cl)ccc1O. The van der Waals surface area contributed by atoms with Gasteiger partial charge in [-0.15, -0.1) is 0 Å². The molecule has 218 valence electrons. The third-order valence-electron chi connectivity index (χ3n) is 7.53. The quantitative estimate of drug-likeness (QED) is 0.260. The van der Waals surface area contributed by atoms with Crippen molar-refractivity contribution in [2.75, 3.05) is 7.05 Å². The second-order valence-electron chi connectivity index (χ2n) is 10.5. The van der Waals surface area contributed by atoms with Crippen molar-refractivity contribution in [3.63, 3.8) is 0 Å². The summed E-state index contributed by atoms with van der Waals surface area (Å²) in [5, 5.41) is 14.5. The number of nitrogens with zero attached hydrogens (tertiary/aromatic N) is 3. The molecule has 1 unspecified atom stereocenters. The number of likely N-dealkylation sites (N-methyl/N-ethyl adjacent to an activating group) is 1. The van der Waals surface area contributed by atoms with Gasteiger partial charge in [0.05, 0.1) is 21.3 Å². The van der Waals surface area contributed by atoms with E-state index in [1.165, 1.54) is 66.3 Å². The van der Waals surface area contributed by atoms with E-state index in [-0.39, 0.29) is 50.5 Å². The second kappa shape index (κ2) is 12.4. The van der Waals surface area contributed by atoms with E-state index in [2.05, 4.69) is 28.3 Å². The zero-order valence-corrected chi connectivity index (χ0v) is 24.7. The molecule has 0 bridgehead atoms. The first kappa shape index (κ1) is 29.4. The van der Waals surface area contributed by atoms with Crippen LogP contribution >= 0.6 is 23.2 Å². The molecule has 3 aromatic carbocycles. The van der Waals surface area contributed by atoms with E-state index in [0.29, 0.717) is 6.42 Å². The number of benzene rings is 3. The maximum Gasteiger partial charge on any atom is 0.349 e. The first-order valence-electron chi connectivity index (χ1n) is 13.7. The Bertz CT molecular complexity index is 1740. The van der Waals surface area contributed by atoms with Gasteiger partial charge in [-0.05, 0) is 86.1 Å². The number of aromatic amines is 1. The standard InChI is InChI=1S/C31H30Cl2N4O5/c1-18(12-19-8-9-20-6-4-3-5-7-21(20)13-19)36(2)30(40)24-16-23(10-11-27(24)38)42-29-25(32)14-22(15-26(29)33)37-31(41)35-28(39)17-34-37/h8-11,13-18,38H,3-7,12H2,1-2H3,(H,35,39,41). The van der Waals surface area contributed by atoms with E-state index in [1.807, 2.05) is 6.92 Å². The predicted molar refractivity (Wildman–Crippen MR) is 162 cm³/mol. The lowest BCUT2D eigenvalue weighted by molar-refractivity contribution is 0.0740. The van der Waals surface area contributed by atoms with E-state index >= 15 is 0 Å². The van der Waals surface area contributed by atoms with Gasteiger partial charge in [-0.25, -0.2) is 4.79 Å². The molecule has 0 saturated heterocycles. The molecule has 0 aliphatic heterocycles. The molecule has 9 nitrogen and oxygen atoms in total. The van der Waals surface area contributed by atoms with Crippen LogP contribution in [0.25, 0.3) is 5.69 Å². The van der Waals surface area contributed by atoms with Crippen molar-refractivity contribution in [1.29, 1.82) is 0 Å². The van der Waals surface area contributed by atoms with Gasteiger partial charge in [0.15, 0.2) is 5.75 Å². The molecule has 0 spiro atoms. The molecule has 0 saturated carbocycles. The lowest BCUT2D eigenvalue weighted by Crippen LogP contribution is -2.36. The monoisotopic (exact) mass is 608 g/mol. The number of phenols is 1. The largest absolute Gasteiger partial charge is 0.507 e. The smallest absolute Gasteiger partial charge is 0.349 e. The highest BCUT2D eigenvalue weighted by atomic mass is 35.5. The number of rotatable bonds is 7. The number of ether oxygens (including phenoxy) is 1. The first-order valence-corrected chi connectivity index (χ1v) is 14.4. The summed E-state index contributed by atoms with van der Waals surface area (Å²) in [6.07, 6.45) is 7.52. The van der Waals surface area contributed by atoms with Crippen LogP contribution in [-0.4, -0.2) is 43.8 Å². The third kappa shape index (κ3) is 6.37. The van der Waals surface area contributed by atoms with E-state index in [0.717, 1.165) is 23.7 Å². The zero-order valence-electron chi connectivity index (χ0n) is 23.2. The number of amides is 1. The number of aryl methyl sites for hydroxylation is 2. The summed E-state index contributed by atoms with van der Waals surface area (Å²) in [5.74, 6) is -0.254. The molecule has 5 rings (SSSR count). The highest BCUT2D eigenvalue weighted by molar-refractivity contribution is 6.37. The lowest BCUT2D eigenvalue weighted by Gasteiger charge is -2.26. The predicted octanol–water partition coefficient (Wildman–Crippen LogP) is 5.70. The van der Waals surface area contributed by atoms with Gasteiger partial charge in [0, 0.05) is 13.1 Å². The summed E-state index contributed by atoms with van der Waals surface area (Å²) in [6, 6.07) is 13.6. The van der Waals surface area contributed by atoms with Gasteiger partial charge in [0.2, 0.25) is 0 Å². The molecule has 0 fully saturated rings. The normalized spacial score (nSPS) is 13.6. The number of aromatic nitrogens is 3. The van der Waals surface area contributed by atoms with Gasteiger partial charge in [-0.2, -0.15) is 9.78 Å². The molecule has 1 aliphatic carbocycles. The number of carbonyl (C=O) groups is 1. The summed E-state index contributed by atoms with van der Waals surface area (Å²) in [7, 11) is 1.71. The van der Waals surface area contributed by atoms with Crippen molar-refractivity contribution in [3.05, 3.63) is 108 Å². The third-order valence-corrected chi connectivity index (χ3v) is 8.10. The molecule has 1 aliphatic rings. The van der Waals surface area contributed by atoms with Crippen LogP contribution in [0.15, 0.2) is 64.3 Å². The Labute approximate surface area is 252 Å². The van der Waals surface area contributed by atoms with Crippen molar-refractivity contribution < 1.29 is 14.6 Å². The van der Waals surface area contributed by atoms with E-state index < -0.39 is 11.2 Å².